The summed E-state index contributed by atoms with van der Waals surface area (Å²) in [5.41, 5.74) is 0.978. The van der Waals surface area contributed by atoms with E-state index < -0.39 is 0 Å². The molecule has 1 aromatic carbocycles. The van der Waals surface area contributed by atoms with Crippen molar-refractivity contribution in [1.29, 1.82) is 0 Å². The lowest BCUT2D eigenvalue weighted by atomic mass is 10.1. The fraction of sp³-hybridized carbons (Fsp3) is 0.357. The highest BCUT2D eigenvalue weighted by molar-refractivity contribution is 8.01. The van der Waals surface area contributed by atoms with Crippen LogP contribution in [0.15, 0.2) is 28.6 Å². The van der Waals surface area contributed by atoms with E-state index in [-0.39, 0.29) is 5.91 Å². The quantitative estimate of drug-likeness (QED) is 0.603. The van der Waals surface area contributed by atoms with Crippen LogP contribution in [0.25, 0.3) is 0 Å². The van der Waals surface area contributed by atoms with E-state index in [1.807, 2.05) is 24.3 Å². The minimum Gasteiger partial charge on any atom is -0.300 e. The van der Waals surface area contributed by atoms with Gasteiger partial charge in [0.2, 0.25) is 11.0 Å². The Kier molecular flexibility index (Phi) is 6.48. The van der Waals surface area contributed by atoms with Gasteiger partial charge < -0.3 is 5.32 Å². The second-order valence-corrected chi connectivity index (χ2v) is 7.09. The van der Waals surface area contributed by atoms with Gasteiger partial charge in [0, 0.05) is 17.2 Å². The van der Waals surface area contributed by atoms with Crippen molar-refractivity contribution in [1.82, 2.24) is 10.2 Å². The van der Waals surface area contributed by atoms with E-state index >= 15 is 0 Å². The first-order valence-electron chi connectivity index (χ1n) is 6.68. The van der Waals surface area contributed by atoms with E-state index in [0.29, 0.717) is 23.0 Å². The predicted octanol–water partition coefficient (Wildman–Crippen LogP) is 4.26. The van der Waals surface area contributed by atoms with Gasteiger partial charge in [0.1, 0.15) is 0 Å². The van der Waals surface area contributed by atoms with Crippen molar-refractivity contribution in [2.24, 2.45) is 0 Å². The van der Waals surface area contributed by atoms with Gasteiger partial charge in [0.05, 0.1) is 0 Å². The first kappa shape index (κ1) is 16.3. The van der Waals surface area contributed by atoms with Crippen LogP contribution in [0.2, 0.25) is 5.02 Å². The van der Waals surface area contributed by atoms with E-state index in [0.717, 1.165) is 22.1 Å². The Labute approximate surface area is 137 Å². The van der Waals surface area contributed by atoms with Gasteiger partial charge in [0.15, 0.2) is 4.34 Å². The predicted molar refractivity (Wildman–Crippen MR) is 89.3 cm³/mol. The van der Waals surface area contributed by atoms with Crippen LogP contribution in [0.5, 0.6) is 0 Å². The molecular weight excluding hydrogens is 326 g/mol. The average Bonchev–Trinajstić information content (AvgIpc) is 2.91. The summed E-state index contributed by atoms with van der Waals surface area (Å²) in [6, 6.07) is 7.56. The first-order valence-corrected chi connectivity index (χ1v) is 8.86. The van der Waals surface area contributed by atoms with Crippen molar-refractivity contribution < 1.29 is 4.79 Å². The third-order valence-electron chi connectivity index (χ3n) is 2.66. The summed E-state index contributed by atoms with van der Waals surface area (Å²) in [5.74, 6) is 0.938. The zero-order valence-corrected chi connectivity index (χ0v) is 14.0. The maximum atomic E-state index is 11.9. The van der Waals surface area contributed by atoms with Crippen molar-refractivity contribution in [3.63, 3.8) is 0 Å². The standard InChI is InChI=1S/C14H16ClN3OS2/c1-2-9-20-14-18-17-13(21-14)16-12(19)8-7-10-5-3-4-6-11(10)15/h3-6H,2,7-9H2,1H3,(H,16,17,19). The number of hydrogen-bond acceptors (Lipinski definition) is 5. The Bertz CT molecular complexity index is 603. The largest absolute Gasteiger partial charge is 0.300 e. The lowest BCUT2D eigenvalue weighted by Crippen LogP contribution is -2.12. The molecule has 0 spiro atoms. The number of halogens is 1. The van der Waals surface area contributed by atoms with Crippen LogP contribution >= 0.6 is 34.7 Å². The minimum atomic E-state index is -0.0712. The number of carbonyl (C=O) groups excluding carboxylic acids is 1. The smallest absolute Gasteiger partial charge is 0.226 e. The number of benzene rings is 1. The number of nitrogens with zero attached hydrogens (tertiary/aromatic N) is 2. The summed E-state index contributed by atoms with van der Waals surface area (Å²) in [7, 11) is 0. The van der Waals surface area contributed by atoms with Crippen LogP contribution in [0.1, 0.15) is 25.3 Å². The van der Waals surface area contributed by atoms with Crippen LogP contribution < -0.4 is 5.32 Å². The normalized spacial score (nSPS) is 10.6. The van der Waals surface area contributed by atoms with Crippen LogP contribution in [0, 0.1) is 0 Å². The van der Waals surface area contributed by atoms with Gasteiger partial charge in [0.25, 0.3) is 0 Å². The molecule has 1 amide bonds. The monoisotopic (exact) mass is 341 g/mol. The van der Waals surface area contributed by atoms with Gasteiger partial charge in [-0.3, -0.25) is 4.79 Å². The van der Waals surface area contributed by atoms with Crippen molar-refractivity contribution in [2.75, 3.05) is 11.1 Å². The van der Waals surface area contributed by atoms with E-state index in [1.165, 1.54) is 11.3 Å². The summed E-state index contributed by atoms with van der Waals surface area (Å²) in [4.78, 5) is 11.9. The molecule has 4 nitrogen and oxygen atoms in total. The highest BCUT2D eigenvalue weighted by Gasteiger charge is 2.09. The summed E-state index contributed by atoms with van der Waals surface area (Å²) in [5, 5.41) is 12.0. The van der Waals surface area contributed by atoms with Gasteiger partial charge in [-0.25, -0.2) is 0 Å². The molecule has 0 saturated carbocycles. The molecule has 1 N–H and O–H groups in total. The Balaban J connectivity index is 1.82. The summed E-state index contributed by atoms with van der Waals surface area (Å²) in [6.07, 6.45) is 2.08. The van der Waals surface area contributed by atoms with Crippen LogP contribution in [-0.4, -0.2) is 21.9 Å². The molecule has 0 aliphatic heterocycles. The number of hydrogen-bond donors (Lipinski definition) is 1. The molecule has 0 saturated heterocycles. The SMILES string of the molecule is CCCSc1nnc(NC(=O)CCc2ccccc2Cl)s1. The Morgan fingerprint density at radius 3 is 2.95 bits per heavy atom. The molecule has 7 heteroatoms. The van der Waals surface area contributed by atoms with Gasteiger partial charge in [-0.1, -0.05) is 59.8 Å². The number of thioether (sulfide) groups is 1. The fourth-order valence-electron chi connectivity index (χ4n) is 1.64. The summed E-state index contributed by atoms with van der Waals surface area (Å²) < 4.78 is 0.887. The molecule has 0 unspecified atom stereocenters. The lowest BCUT2D eigenvalue weighted by Gasteiger charge is -2.03. The average molecular weight is 342 g/mol. The lowest BCUT2D eigenvalue weighted by molar-refractivity contribution is -0.116. The second-order valence-electron chi connectivity index (χ2n) is 4.36. The van der Waals surface area contributed by atoms with Crippen molar-refractivity contribution in [3.8, 4) is 0 Å². The van der Waals surface area contributed by atoms with Crippen LogP contribution in [0.3, 0.4) is 0 Å². The van der Waals surface area contributed by atoms with Crippen molar-refractivity contribution in [2.45, 2.75) is 30.5 Å². The van der Waals surface area contributed by atoms with E-state index in [9.17, 15) is 4.79 Å². The summed E-state index contributed by atoms with van der Waals surface area (Å²) >= 11 is 9.13. The molecule has 0 aliphatic carbocycles. The Morgan fingerprint density at radius 1 is 1.38 bits per heavy atom. The van der Waals surface area contributed by atoms with E-state index in [4.69, 9.17) is 11.6 Å². The molecule has 1 aromatic heterocycles. The molecule has 0 atom stereocenters. The van der Waals surface area contributed by atoms with E-state index in [2.05, 4.69) is 22.4 Å². The van der Waals surface area contributed by atoms with E-state index in [1.54, 1.807) is 11.8 Å². The molecule has 112 valence electrons. The number of carbonyl (C=O) groups is 1. The zero-order chi connectivity index (χ0) is 15.1. The van der Waals surface area contributed by atoms with Crippen molar-refractivity contribution >= 4 is 45.7 Å². The first-order chi connectivity index (χ1) is 10.2. The third kappa shape index (κ3) is 5.30. The summed E-state index contributed by atoms with van der Waals surface area (Å²) in [6.45, 7) is 2.12. The number of aromatic nitrogens is 2. The number of aryl methyl sites for hydroxylation is 1. The maximum Gasteiger partial charge on any atom is 0.226 e. The molecule has 0 aliphatic rings. The molecule has 21 heavy (non-hydrogen) atoms. The highest BCUT2D eigenvalue weighted by atomic mass is 35.5. The second kappa shape index (κ2) is 8.36. The number of anilines is 1. The third-order valence-corrected chi connectivity index (χ3v) is 5.21. The Morgan fingerprint density at radius 2 is 2.19 bits per heavy atom. The molecule has 0 bridgehead atoms. The highest BCUT2D eigenvalue weighted by Crippen LogP contribution is 2.26. The zero-order valence-electron chi connectivity index (χ0n) is 11.6. The topological polar surface area (TPSA) is 54.9 Å². The maximum absolute atomic E-state index is 11.9. The Hall–Kier alpha value is -1.11. The molecule has 0 radical (unpaired) electrons. The molecule has 1 heterocycles. The van der Waals surface area contributed by atoms with Crippen LogP contribution in [-0.2, 0) is 11.2 Å². The fourth-order valence-corrected chi connectivity index (χ4v) is 3.56. The van der Waals surface area contributed by atoms with Gasteiger partial charge in [-0.15, -0.1) is 10.2 Å². The van der Waals surface area contributed by atoms with Gasteiger partial charge >= 0.3 is 0 Å². The van der Waals surface area contributed by atoms with Gasteiger partial charge in [-0.2, -0.15) is 0 Å². The van der Waals surface area contributed by atoms with Crippen LogP contribution in [0.4, 0.5) is 5.13 Å². The number of rotatable bonds is 7. The minimum absolute atomic E-state index is 0.0712. The molecule has 0 fully saturated rings. The molecule has 2 aromatic rings. The van der Waals surface area contributed by atoms with Gasteiger partial charge in [-0.05, 0) is 24.5 Å². The number of amides is 1. The molecular formula is C14H16ClN3OS2. The number of nitrogens with one attached hydrogen (secondary N) is 1. The van der Waals surface area contributed by atoms with Crippen molar-refractivity contribution in [3.05, 3.63) is 34.9 Å². The molecule has 2 rings (SSSR count).